The first-order chi connectivity index (χ1) is 6.92. The van der Waals surface area contributed by atoms with Crippen molar-refractivity contribution in [2.24, 2.45) is 0 Å². The third-order valence-electron chi connectivity index (χ3n) is 2.35. The standard InChI is InChI=1S/C9H11N3S2/c1-2-14-9-11-7(4-12(1)9)3-10-8-5-13-6-8/h1-2,4,8,10H,3,5-6H2. The van der Waals surface area contributed by atoms with Gasteiger partial charge in [0, 0.05) is 41.9 Å². The van der Waals surface area contributed by atoms with Crippen LogP contribution in [0.25, 0.3) is 4.96 Å². The van der Waals surface area contributed by atoms with Gasteiger partial charge in [-0.25, -0.2) is 4.98 Å². The van der Waals surface area contributed by atoms with Gasteiger partial charge in [-0.15, -0.1) is 11.3 Å². The van der Waals surface area contributed by atoms with E-state index in [4.69, 9.17) is 0 Å². The molecule has 2 aromatic heterocycles. The molecule has 0 atom stereocenters. The molecule has 5 heteroatoms. The first-order valence-corrected chi connectivity index (χ1v) is 6.67. The Balaban J connectivity index is 1.68. The second kappa shape index (κ2) is 3.56. The molecule has 0 aliphatic carbocycles. The summed E-state index contributed by atoms with van der Waals surface area (Å²) in [4.78, 5) is 5.60. The first kappa shape index (κ1) is 8.76. The van der Waals surface area contributed by atoms with Gasteiger partial charge in [0.25, 0.3) is 0 Å². The molecule has 1 aliphatic rings. The van der Waals surface area contributed by atoms with Crippen LogP contribution in [-0.2, 0) is 6.54 Å². The molecule has 3 rings (SSSR count). The Morgan fingerprint density at radius 3 is 3.21 bits per heavy atom. The van der Waals surface area contributed by atoms with Crippen LogP contribution in [0.5, 0.6) is 0 Å². The summed E-state index contributed by atoms with van der Waals surface area (Å²) in [6.07, 6.45) is 4.15. The van der Waals surface area contributed by atoms with Crippen molar-refractivity contribution in [1.29, 1.82) is 0 Å². The van der Waals surface area contributed by atoms with Gasteiger partial charge in [-0.1, -0.05) is 0 Å². The summed E-state index contributed by atoms with van der Waals surface area (Å²) in [5, 5.41) is 5.55. The lowest BCUT2D eigenvalue weighted by molar-refractivity contribution is 0.577. The van der Waals surface area contributed by atoms with Gasteiger partial charge in [0.05, 0.1) is 5.69 Å². The topological polar surface area (TPSA) is 29.3 Å². The zero-order valence-corrected chi connectivity index (χ0v) is 9.27. The van der Waals surface area contributed by atoms with Gasteiger partial charge in [0.2, 0.25) is 0 Å². The molecule has 0 radical (unpaired) electrons. The fourth-order valence-electron chi connectivity index (χ4n) is 1.46. The highest BCUT2D eigenvalue weighted by Gasteiger charge is 2.17. The fourth-order valence-corrected chi connectivity index (χ4v) is 2.89. The Kier molecular flexibility index (Phi) is 2.23. The van der Waals surface area contributed by atoms with Crippen LogP contribution in [-0.4, -0.2) is 26.9 Å². The van der Waals surface area contributed by atoms with Gasteiger partial charge in [0.15, 0.2) is 4.96 Å². The summed E-state index contributed by atoms with van der Waals surface area (Å²) in [6.45, 7) is 0.902. The van der Waals surface area contributed by atoms with Crippen LogP contribution in [0, 0.1) is 0 Å². The summed E-state index contributed by atoms with van der Waals surface area (Å²) >= 11 is 3.68. The van der Waals surface area contributed by atoms with E-state index in [1.165, 1.54) is 11.5 Å². The summed E-state index contributed by atoms with van der Waals surface area (Å²) in [5.41, 5.74) is 1.15. The normalized spacial score (nSPS) is 17.4. The Morgan fingerprint density at radius 2 is 2.50 bits per heavy atom. The third kappa shape index (κ3) is 1.55. The minimum Gasteiger partial charge on any atom is -0.307 e. The van der Waals surface area contributed by atoms with E-state index in [1.807, 2.05) is 11.8 Å². The molecule has 1 saturated heterocycles. The van der Waals surface area contributed by atoms with Gasteiger partial charge < -0.3 is 5.32 Å². The molecule has 1 aliphatic heterocycles. The van der Waals surface area contributed by atoms with E-state index in [1.54, 1.807) is 11.3 Å². The molecular formula is C9H11N3S2. The van der Waals surface area contributed by atoms with Gasteiger partial charge >= 0.3 is 0 Å². The maximum absolute atomic E-state index is 4.52. The zero-order valence-electron chi connectivity index (χ0n) is 7.64. The minimum absolute atomic E-state index is 0.708. The Bertz CT molecular complexity index is 401. The molecule has 3 nitrogen and oxygen atoms in total. The van der Waals surface area contributed by atoms with Gasteiger partial charge in [0.1, 0.15) is 0 Å². The van der Waals surface area contributed by atoms with Crippen molar-refractivity contribution in [3.05, 3.63) is 23.5 Å². The van der Waals surface area contributed by atoms with Gasteiger partial charge in [-0.3, -0.25) is 4.40 Å². The van der Waals surface area contributed by atoms with E-state index >= 15 is 0 Å². The lowest BCUT2D eigenvalue weighted by Gasteiger charge is -2.25. The summed E-state index contributed by atoms with van der Waals surface area (Å²) in [7, 11) is 0. The number of hydrogen-bond donors (Lipinski definition) is 1. The molecule has 14 heavy (non-hydrogen) atoms. The number of aromatic nitrogens is 2. The number of nitrogens with one attached hydrogen (secondary N) is 1. The van der Waals surface area contributed by atoms with E-state index in [2.05, 4.69) is 32.5 Å². The molecule has 74 valence electrons. The van der Waals surface area contributed by atoms with E-state index in [-0.39, 0.29) is 0 Å². The number of thiazole rings is 1. The van der Waals surface area contributed by atoms with E-state index < -0.39 is 0 Å². The summed E-state index contributed by atoms with van der Waals surface area (Å²) in [6, 6.07) is 0.708. The zero-order chi connectivity index (χ0) is 9.38. The number of thioether (sulfide) groups is 1. The molecule has 0 amide bonds. The van der Waals surface area contributed by atoms with Crippen LogP contribution in [0.15, 0.2) is 17.8 Å². The second-order valence-corrected chi connectivity index (χ2v) is 5.39. The molecule has 3 heterocycles. The van der Waals surface area contributed by atoms with Crippen LogP contribution in [0.3, 0.4) is 0 Å². The Hall–Kier alpha value is -0.520. The average molecular weight is 225 g/mol. The molecule has 2 aromatic rings. The molecule has 0 saturated carbocycles. The van der Waals surface area contributed by atoms with Crippen LogP contribution >= 0.6 is 23.1 Å². The van der Waals surface area contributed by atoms with E-state index in [0.29, 0.717) is 6.04 Å². The van der Waals surface area contributed by atoms with Crippen molar-refractivity contribution in [2.45, 2.75) is 12.6 Å². The SMILES string of the molecule is c1cn2cc(CNC3CSC3)nc2s1. The van der Waals surface area contributed by atoms with Crippen LogP contribution in [0.1, 0.15) is 5.69 Å². The Morgan fingerprint density at radius 1 is 1.57 bits per heavy atom. The molecule has 0 aromatic carbocycles. The summed E-state index contributed by atoms with van der Waals surface area (Å²) < 4.78 is 2.08. The number of imidazole rings is 1. The van der Waals surface area contributed by atoms with Crippen molar-refractivity contribution in [3.63, 3.8) is 0 Å². The lowest BCUT2D eigenvalue weighted by atomic mass is 10.3. The quantitative estimate of drug-likeness (QED) is 0.860. The highest BCUT2D eigenvalue weighted by molar-refractivity contribution is 8.00. The average Bonchev–Trinajstić information content (AvgIpc) is 2.59. The number of fused-ring (bicyclic) bond motifs is 1. The molecule has 0 unspecified atom stereocenters. The molecular weight excluding hydrogens is 214 g/mol. The number of rotatable bonds is 3. The van der Waals surface area contributed by atoms with Crippen LogP contribution < -0.4 is 5.32 Å². The smallest absolute Gasteiger partial charge is 0.193 e. The maximum Gasteiger partial charge on any atom is 0.193 e. The number of nitrogens with zero attached hydrogens (tertiary/aromatic N) is 2. The monoisotopic (exact) mass is 225 g/mol. The van der Waals surface area contributed by atoms with Crippen molar-refractivity contribution < 1.29 is 0 Å². The maximum atomic E-state index is 4.52. The van der Waals surface area contributed by atoms with E-state index in [0.717, 1.165) is 17.2 Å². The van der Waals surface area contributed by atoms with Crippen molar-refractivity contribution >= 4 is 28.1 Å². The minimum atomic E-state index is 0.708. The third-order valence-corrected chi connectivity index (χ3v) is 4.40. The largest absolute Gasteiger partial charge is 0.307 e. The van der Waals surface area contributed by atoms with Gasteiger partial charge in [-0.05, 0) is 0 Å². The highest BCUT2D eigenvalue weighted by atomic mass is 32.2. The fraction of sp³-hybridized carbons (Fsp3) is 0.444. The van der Waals surface area contributed by atoms with Crippen molar-refractivity contribution in [1.82, 2.24) is 14.7 Å². The molecule has 0 bridgehead atoms. The second-order valence-electron chi connectivity index (χ2n) is 3.44. The molecule has 1 fully saturated rings. The predicted molar refractivity (Wildman–Crippen MR) is 61.0 cm³/mol. The van der Waals surface area contributed by atoms with Gasteiger partial charge in [-0.2, -0.15) is 11.8 Å². The molecule has 1 N–H and O–H groups in total. The van der Waals surface area contributed by atoms with Crippen molar-refractivity contribution in [2.75, 3.05) is 11.5 Å². The molecule has 0 spiro atoms. The summed E-state index contributed by atoms with van der Waals surface area (Å²) in [5.74, 6) is 2.50. The first-order valence-electron chi connectivity index (χ1n) is 4.64. The van der Waals surface area contributed by atoms with E-state index in [9.17, 15) is 0 Å². The van der Waals surface area contributed by atoms with Crippen LogP contribution in [0.4, 0.5) is 0 Å². The Labute approximate surface area is 90.5 Å². The predicted octanol–water partition coefficient (Wildman–Crippen LogP) is 1.60. The van der Waals surface area contributed by atoms with Crippen molar-refractivity contribution in [3.8, 4) is 0 Å². The highest BCUT2D eigenvalue weighted by Crippen LogP contribution is 2.18. The lowest BCUT2D eigenvalue weighted by Crippen LogP contribution is -2.39. The van der Waals surface area contributed by atoms with Crippen LogP contribution in [0.2, 0.25) is 0 Å². The number of hydrogen-bond acceptors (Lipinski definition) is 4.